The van der Waals surface area contributed by atoms with Gasteiger partial charge in [0.2, 0.25) is 0 Å². The molecule has 6 aromatic rings. The molecule has 0 saturated heterocycles. The highest BCUT2D eigenvalue weighted by atomic mass is 15.2. The van der Waals surface area contributed by atoms with Gasteiger partial charge in [0.25, 0.3) is 0 Å². The molecule has 2 aliphatic rings. The Balaban J connectivity index is 1.54. The van der Waals surface area contributed by atoms with Gasteiger partial charge in [-0.05, 0) is 46.3 Å². The topological polar surface area (TPSA) is 8.17 Å². The molecule has 0 bridgehead atoms. The van der Waals surface area contributed by atoms with Crippen LogP contribution in [0.5, 0.6) is 0 Å². The van der Waals surface area contributed by atoms with E-state index in [4.69, 9.17) is 0 Å². The fraction of sp³-hybridized carbons (Fsp3) is 0.0909. The molecule has 0 radical (unpaired) electrons. The molecule has 0 spiro atoms. The average molecular weight is 460 g/mol. The number of fused-ring (bicyclic) bond motifs is 7. The summed E-state index contributed by atoms with van der Waals surface area (Å²) in [7, 11) is 0. The van der Waals surface area contributed by atoms with Crippen molar-refractivity contribution in [2.45, 2.75) is 19.3 Å². The molecule has 2 aliphatic heterocycles. The van der Waals surface area contributed by atoms with Crippen molar-refractivity contribution in [3.05, 3.63) is 126 Å². The minimum Gasteiger partial charge on any atom is -0.376 e. The summed E-state index contributed by atoms with van der Waals surface area (Å²) < 4.78 is 2.57. The van der Waals surface area contributed by atoms with Gasteiger partial charge < -0.3 is 9.38 Å². The lowest BCUT2D eigenvalue weighted by Gasteiger charge is -2.47. The molecular weight excluding hydrogens is 435 g/mol. The van der Waals surface area contributed by atoms with Gasteiger partial charge in [-0.15, -0.1) is 0 Å². The van der Waals surface area contributed by atoms with E-state index in [0.29, 0.717) is 0 Å². The van der Waals surface area contributed by atoms with Crippen molar-refractivity contribution >= 4 is 56.6 Å². The Morgan fingerprint density at radius 3 is 1.83 bits per heavy atom. The van der Waals surface area contributed by atoms with Gasteiger partial charge in [-0.25, -0.2) is 0 Å². The van der Waals surface area contributed by atoms with E-state index in [2.05, 4.69) is 138 Å². The zero-order valence-electron chi connectivity index (χ0n) is 20.4. The third kappa shape index (κ3) is 2.38. The van der Waals surface area contributed by atoms with Crippen molar-refractivity contribution in [1.29, 1.82) is 0 Å². The molecule has 0 amide bonds. The van der Waals surface area contributed by atoms with Crippen LogP contribution in [-0.4, -0.2) is 11.3 Å². The molecule has 1 aromatic heterocycles. The first-order chi connectivity index (χ1) is 17.7. The fourth-order valence-corrected chi connectivity index (χ4v) is 6.85. The maximum absolute atomic E-state index is 2.57. The van der Waals surface area contributed by atoms with Crippen LogP contribution in [-0.2, 0) is 5.41 Å². The predicted molar refractivity (Wildman–Crippen MR) is 153 cm³/mol. The quantitative estimate of drug-likeness (QED) is 0.243. The van der Waals surface area contributed by atoms with E-state index in [1.165, 1.54) is 60.9 Å². The molecule has 0 aliphatic carbocycles. The Morgan fingerprint density at radius 1 is 0.528 bits per heavy atom. The van der Waals surface area contributed by atoms with Crippen LogP contribution in [0.25, 0.3) is 21.8 Å². The lowest BCUT2D eigenvalue weighted by Crippen LogP contribution is -2.56. The smallest absolute Gasteiger partial charge is 0.332 e. The SMILES string of the molecule is CC1(C)c2ccccc2N2c3ccccc3B(n3c4ccccc4c4ccccc43)c3cccc1c32. The third-order valence-corrected chi connectivity index (χ3v) is 8.42. The van der Waals surface area contributed by atoms with Crippen molar-refractivity contribution in [2.24, 2.45) is 0 Å². The second kappa shape index (κ2) is 6.92. The third-order valence-electron chi connectivity index (χ3n) is 8.42. The summed E-state index contributed by atoms with van der Waals surface area (Å²) >= 11 is 0. The maximum atomic E-state index is 2.57. The summed E-state index contributed by atoms with van der Waals surface area (Å²) in [4.78, 5) is 2.52. The standard InChI is InChI=1S/C33H25BN2/c1-33(2)24-14-5-9-20-30(24)35-31-21-10-6-16-26(31)34(27-17-11-15-25(33)32(27)35)36-28-18-7-3-12-22(28)23-13-4-8-19-29(23)36/h3-21H,1-2H3. The zero-order chi connectivity index (χ0) is 24.0. The van der Waals surface area contributed by atoms with Crippen LogP contribution in [0.15, 0.2) is 115 Å². The van der Waals surface area contributed by atoms with Crippen molar-refractivity contribution in [1.82, 2.24) is 4.48 Å². The number of anilines is 3. The summed E-state index contributed by atoms with van der Waals surface area (Å²) in [5, 5.41) is 2.62. The van der Waals surface area contributed by atoms with E-state index in [1.54, 1.807) is 0 Å². The highest BCUT2D eigenvalue weighted by Crippen LogP contribution is 2.52. The highest BCUT2D eigenvalue weighted by molar-refractivity contribution is 6.88. The number of rotatable bonds is 1. The molecule has 170 valence electrons. The molecule has 0 atom stereocenters. The van der Waals surface area contributed by atoms with Gasteiger partial charge in [-0.2, -0.15) is 0 Å². The van der Waals surface area contributed by atoms with E-state index >= 15 is 0 Å². The predicted octanol–water partition coefficient (Wildman–Crippen LogP) is 6.87. The minimum atomic E-state index is -0.0872. The van der Waals surface area contributed by atoms with Crippen LogP contribution in [0.3, 0.4) is 0 Å². The second-order valence-electron chi connectivity index (χ2n) is 10.6. The van der Waals surface area contributed by atoms with Gasteiger partial charge in [-0.1, -0.05) is 105 Å². The molecular formula is C33H25BN2. The molecule has 0 N–H and O–H groups in total. The lowest BCUT2D eigenvalue weighted by molar-refractivity contribution is 0.632. The van der Waals surface area contributed by atoms with Gasteiger partial charge in [0.05, 0.1) is 5.69 Å². The average Bonchev–Trinajstić information content (AvgIpc) is 3.25. The number of aromatic nitrogens is 1. The number of hydrogen-bond donors (Lipinski definition) is 0. The molecule has 8 rings (SSSR count). The molecule has 3 heteroatoms. The summed E-state index contributed by atoms with van der Waals surface area (Å²) in [6.45, 7) is 4.82. The summed E-state index contributed by atoms with van der Waals surface area (Å²) in [5.41, 5.74) is 11.8. The summed E-state index contributed by atoms with van der Waals surface area (Å²) in [5.74, 6) is 0. The van der Waals surface area contributed by atoms with Gasteiger partial charge in [0.1, 0.15) is 0 Å². The van der Waals surface area contributed by atoms with E-state index < -0.39 is 0 Å². The van der Waals surface area contributed by atoms with Crippen molar-refractivity contribution in [3.63, 3.8) is 0 Å². The van der Waals surface area contributed by atoms with Gasteiger partial charge >= 0.3 is 6.85 Å². The summed E-state index contributed by atoms with van der Waals surface area (Å²) in [6.07, 6.45) is 0. The Bertz CT molecular complexity index is 1790. The second-order valence-corrected chi connectivity index (χ2v) is 10.6. The van der Waals surface area contributed by atoms with E-state index in [0.717, 1.165) is 0 Å². The summed E-state index contributed by atoms with van der Waals surface area (Å²) in [6, 6.07) is 42.6. The highest BCUT2D eigenvalue weighted by Gasteiger charge is 2.44. The van der Waals surface area contributed by atoms with Crippen LogP contribution in [0.4, 0.5) is 17.1 Å². The first-order valence-corrected chi connectivity index (χ1v) is 12.8. The van der Waals surface area contributed by atoms with Crippen molar-refractivity contribution in [2.75, 3.05) is 4.90 Å². The molecule has 0 fully saturated rings. The van der Waals surface area contributed by atoms with E-state index in [-0.39, 0.29) is 12.3 Å². The largest absolute Gasteiger partial charge is 0.376 e. The molecule has 5 aromatic carbocycles. The molecule has 0 unspecified atom stereocenters. The van der Waals surface area contributed by atoms with E-state index in [1.807, 2.05) is 0 Å². The Hall–Kier alpha value is -4.24. The van der Waals surface area contributed by atoms with Crippen molar-refractivity contribution in [3.8, 4) is 0 Å². The van der Waals surface area contributed by atoms with Crippen LogP contribution >= 0.6 is 0 Å². The van der Waals surface area contributed by atoms with Crippen LogP contribution < -0.4 is 15.8 Å². The normalized spacial score (nSPS) is 15.1. The zero-order valence-corrected chi connectivity index (χ0v) is 20.4. The Morgan fingerprint density at radius 2 is 1.08 bits per heavy atom. The van der Waals surface area contributed by atoms with Crippen LogP contribution in [0.2, 0.25) is 0 Å². The number of benzene rings is 5. The van der Waals surface area contributed by atoms with E-state index in [9.17, 15) is 0 Å². The number of para-hydroxylation sites is 5. The van der Waals surface area contributed by atoms with Gasteiger partial charge in [0.15, 0.2) is 0 Å². The molecule has 3 heterocycles. The van der Waals surface area contributed by atoms with Gasteiger partial charge in [0, 0.05) is 38.6 Å². The Labute approximate surface area is 211 Å². The van der Waals surface area contributed by atoms with Gasteiger partial charge in [-0.3, -0.25) is 0 Å². The number of hydrogen-bond acceptors (Lipinski definition) is 1. The monoisotopic (exact) mass is 460 g/mol. The van der Waals surface area contributed by atoms with Crippen molar-refractivity contribution < 1.29 is 0 Å². The first kappa shape index (κ1) is 20.0. The van der Waals surface area contributed by atoms with Crippen LogP contribution in [0.1, 0.15) is 25.0 Å². The minimum absolute atomic E-state index is 0.0817. The molecule has 2 nitrogen and oxygen atoms in total. The van der Waals surface area contributed by atoms with Crippen LogP contribution in [0, 0.1) is 0 Å². The lowest BCUT2D eigenvalue weighted by atomic mass is 9.46. The molecule has 36 heavy (non-hydrogen) atoms. The maximum Gasteiger partial charge on any atom is 0.332 e. The fourth-order valence-electron chi connectivity index (χ4n) is 6.85. The molecule has 0 saturated carbocycles. The number of nitrogens with zero attached hydrogens (tertiary/aromatic N) is 2. The Kier molecular flexibility index (Phi) is 3.85. The first-order valence-electron chi connectivity index (χ1n) is 12.8.